The Bertz CT molecular complexity index is 981. The maximum absolute atomic E-state index is 12.9. The molecule has 1 N–H and O–H groups in total. The SMILES string of the molecule is C=CCSc1nnc(NC(=O)[C@H](CC)N(c2ccc(OC)c(Cl)c2)S(C)(=O)=O)s1. The number of benzene rings is 1. The Kier molecular flexibility index (Phi) is 8.32. The van der Waals surface area contributed by atoms with Gasteiger partial charge in [0.1, 0.15) is 11.8 Å². The van der Waals surface area contributed by atoms with Crippen molar-refractivity contribution >= 4 is 61.4 Å². The molecule has 0 saturated heterocycles. The lowest BCUT2D eigenvalue weighted by molar-refractivity contribution is -0.117. The highest BCUT2D eigenvalue weighted by atomic mass is 35.5. The molecule has 1 aromatic carbocycles. The van der Waals surface area contributed by atoms with E-state index in [0.29, 0.717) is 21.0 Å². The van der Waals surface area contributed by atoms with Crippen molar-refractivity contribution in [2.45, 2.75) is 23.7 Å². The van der Waals surface area contributed by atoms with Gasteiger partial charge in [-0.05, 0) is 24.6 Å². The summed E-state index contributed by atoms with van der Waals surface area (Å²) in [4.78, 5) is 12.9. The van der Waals surface area contributed by atoms with Crippen LogP contribution in [0.25, 0.3) is 0 Å². The van der Waals surface area contributed by atoms with Gasteiger partial charge in [0.05, 0.1) is 24.1 Å². The third kappa shape index (κ3) is 6.08. The van der Waals surface area contributed by atoms with Crippen molar-refractivity contribution in [3.05, 3.63) is 35.9 Å². The number of nitrogens with zero attached hydrogens (tertiary/aromatic N) is 3. The topological polar surface area (TPSA) is 101 Å². The minimum Gasteiger partial charge on any atom is -0.495 e. The first-order valence-corrected chi connectivity index (χ1v) is 12.4. The molecule has 1 heterocycles. The first kappa shape index (κ1) is 23.5. The monoisotopic (exact) mass is 476 g/mol. The molecule has 0 aliphatic rings. The molecule has 0 radical (unpaired) electrons. The van der Waals surface area contributed by atoms with Crippen LogP contribution in [0.1, 0.15) is 13.3 Å². The first-order valence-electron chi connectivity index (χ1n) is 8.42. The number of ether oxygens (including phenoxy) is 1. The van der Waals surface area contributed by atoms with Gasteiger partial charge in [0.15, 0.2) is 4.34 Å². The number of hydrogen-bond donors (Lipinski definition) is 1. The van der Waals surface area contributed by atoms with E-state index in [1.165, 1.54) is 42.3 Å². The van der Waals surface area contributed by atoms with Gasteiger partial charge in [-0.2, -0.15) is 0 Å². The maximum Gasteiger partial charge on any atom is 0.250 e. The van der Waals surface area contributed by atoms with Crippen LogP contribution in [0.4, 0.5) is 10.8 Å². The van der Waals surface area contributed by atoms with E-state index in [1.54, 1.807) is 19.1 Å². The zero-order valence-electron chi connectivity index (χ0n) is 16.1. The van der Waals surface area contributed by atoms with Crippen molar-refractivity contribution in [3.8, 4) is 5.75 Å². The fraction of sp³-hybridized carbons (Fsp3) is 0.353. The first-order chi connectivity index (χ1) is 13.7. The van der Waals surface area contributed by atoms with Gasteiger partial charge in [-0.25, -0.2) is 8.42 Å². The fourth-order valence-corrected chi connectivity index (χ4v) is 5.46. The number of methoxy groups -OCH3 is 1. The number of sulfonamides is 1. The van der Waals surface area contributed by atoms with Gasteiger partial charge < -0.3 is 4.74 Å². The number of nitrogens with one attached hydrogen (secondary N) is 1. The number of hydrogen-bond acceptors (Lipinski definition) is 8. The van der Waals surface area contributed by atoms with Gasteiger partial charge in [0.25, 0.3) is 0 Å². The molecule has 158 valence electrons. The van der Waals surface area contributed by atoms with Crippen molar-refractivity contribution in [1.82, 2.24) is 10.2 Å². The molecule has 2 aromatic rings. The van der Waals surface area contributed by atoms with Crippen molar-refractivity contribution in [3.63, 3.8) is 0 Å². The molecule has 29 heavy (non-hydrogen) atoms. The molecule has 0 aliphatic heterocycles. The lowest BCUT2D eigenvalue weighted by atomic mass is 10.2. The molecule has 0 spiro atoms. The summed E-state index contributed by atoms with van der Waals surface area (Å²) in [7, 11) is -2.32. The van der Waals surface area contributed by atoms with Gasteiger partial charge in [-0.1, -0.05) is 47.7 Å². The zero-order valence-corrected chi connectivity index (χ0v) is 19.3. The smallest absolute Gasteiger partial charge is 0.250 e. The minimum absolute atomic E-state index is 0.236. The van der Waals surface area contributed by atoms with Crippen LogP contribution in [0.3, 0.4) is 0 Å². The van der Waals surface area contributed by atoms with E-state index < -0.39 is 22.0 Å². The van der Waals surface area contributed by atoms with Crippen LogP contribution in [-0.4, -0.2) is 49.7 Å². The molecule has 8 nitrogen and oxygen atoms in total. The van der Waals surface area contributed by atoms with E-state index >= 15 is 0 Å². The summed E-state index contributed by atoms with van der Waals surface area (Å²) < 4.78 is 31.8. The fourth-order valence-electron chi connectivity index (χ4n) is 2.49. The maximum atomic E-state index is 12.9. The Labute approximate surface area is 183 Å². The highest BCUT2D eigenvalue weighted by Crippen LogP contribution is 2.32. The standard InChI is InChI=1S/C17H21ClN4O4S3/c1-5-9-27-17-21-20-16(28-17)19-15(23)13(6-2)22(29(4,24)25)11-7-8-14(26-3)12(18)10-11/h5,7-8,10,13H,1,6,9H2,2-4H3,(H,19,20,23)/t13-/m0/s1. The number of carbonyl (C=O) groups is 1. The predicted octanol–water partition coefficient (Wildman–Crippen LogP) is 3.66. The average molecular weight is 477 g/mol. The highest BCUT2D eigenvalue weighted by molar-refractivity contribution is 8.01. The molecule has 0 saturated carbocycles. The molecular formula is C17H21ClN4O4S3. The molecule has 0 fully saturated rings. The molecule has 2 rings (SSSR count). The molecule has 0 aliphatic carbocycles. The van der Waals surface area contributed by atoms with Crippen molar-refractivity contribution in [2.24, 2.45) is 0 Å². The van der Waals surface area contributed by atoms with E-state index in [4.69, 9.17) is 16.3 Å². The summed E-state index contributed by atoms with van der Waals surface area (Å²) in [5.41, 5.74) is 0.264. The normalized spacial score (nSPS) is 12.3. The molecule has 0 unspecified atom stereocenters. The van der Waals surface area contributed by atoms with Crippen molar-refractivity contribution in [1.29, 1.82) is 0 Å². The predicted molar refractivity (Wildman–Crippen MR) is 119 cm³/mol. The molecule has 1 aromatic heterocycles. The van der Waals surface area contributed by atoms with Gasteiger partial charge in [-0.15, -0.1) is 16.8 Å². The van der Waals surface area contributed by atoms with Crippen molar-refractivity contribution in [2.75, 3.05) is 28.7 Å². The Hall–Kier alpha value is -1.82. The molecular weight excluding hydrogens is 456 g/mol. The van der Waals surface area contributed by atoms with E-state index in [-0.39, 0.29) is 17.1 Å². The van der Waals surface area contributed by atoms with Crippen LogP contribution in [-0.2, 0) is 14.8 Å². The Balaban J connectivity index is 2.31. The quantitative estimate of drug-likeness (QED) is 0.317. The second-order valence-corrected chi connectivity index (χ2v) is 10.3. The van der Waals surface area contributed by atoms with Crippen molar-refractivity contribution < 1.29 is 17.9 Å². The average Bonchev–Trinajstić information content (AvgIpc) is 3.10. The lowest BCUT2D eigenvalue weighted by Gasteiger charge is -2.30. The van der Waals surface area contributed by atoms with Gasteiger partial charge >= 0.3 is 0 Å². The highest BCUT2D eigenvalue weighted by Gasteiger charge is 2.32. The Morgan fingerprint density at radius 1 is 1.48 bits per heavy atom. The second kappa shape index (κ2) is 10.3. The number of rotatable bonds is 10. The Morgan fingerprint density at radius 3 is 2.76 bits per heavy atom. The van der Waals surface area contributed by atoms with E-state index in [2.05, 4.69) is 22.1 Å². The van der Waals surface area contributed by atoms with Crippen LogP contribution in [0.2, 0.25) is 5.02 Å². The van der Waals surface area contributed by atoms with E-state index in [1.807, 2.05) is 0 Å². The molecule has 1 amide bonds. The minimum atomic E-state index is -3.78. The summed E-state index contributed by atoms with van der Waals surface area (Å²) in [6.07, 6.45) is 3.01. The molecule has 1 atom stereocenters. The second-order valence-electron chi connectivity index (χ2n) is 5.76. The number of aromatic nitrogens is 2. The van der Waals surface area contributed by atoms with Crippen LogP contribution < -0.4 is 14.4 Å². The number of amides is 1. The van der Waals surface area contributed by atoms with Gasteiger partial charge in [-0.3, -0.25) is 14.4 Å². The number of carbonyl (C=O) groups excluding carboxylic acids is 1. The van der Waals surface area contributed by atoms with Crippen LogP contribution in [0.15, 0.2) is 35.2 Å². The number of thioether (sulfide) groups is 1. The molecule has 0 bridgehead atoms. The summed E-state index contributed by atoms with van der Waals surface area (Å²) in [6, 6.07) is 3.54. The largest absolute Gasteiger partial charge is 0.495 e. The van der Waals surface area contributed by atoms with Gasteiger partial charge in [0, 0.05) is 5.75 Å². The summed E-state index contributed by atoms with van der Waals surface area (Å²) in [5, 5.41) is 11.1. The van der Waals surface area contributed by atoms with Crippen LogP contribution >= 0.6 is 34.7 Å². The summed E-state index contributed by atoms with van der Waals surface area (Å²) in [6.45, 7) is 5.36. The lowest BCUT2D eigenvalue weighted by Crippen LogP contribution is -2.47. The van der Waals surface area contributed by atoms with E-state index in [9.17, 15) is 13.2 Å². The van der Waals surface area contributed by atoms with E-state index in [0.717, 1.165) is 10.6 Å². The van der Waals surface area contributed by atoms with Crippen LogP contribution in [0, 0.1) is 0 Å². The third-order valence-corrected chi connectivity index (χ3v) is 7.12. The Morgan fingerprint density at radius 2 is 2.21 bits per heavy atom. The summed E-state index contributed by atoms with van der Waals surface area (Å²) in [5.74, 6) is 0.557. The summed E-state index contributed by atoms with van der Waals surface area (Å²) >= 11 is 8.80. The molecule has 12 heteroatoms. The van der Waals surface area contributed by atoms with Crippen LogP contribution in [0.5, 0.6) is 5.75 Å². The zero-order chi connectivity index (χ0) is 21.6. The third-order valence-electron chi connectivity index (χ3n) is 3.68. The number of anilines is 2. The van der Waals surface area contributed by atoms with Gasteiger partial charge in [0.2, 0.25) is 21.1 Å². The number of halogens is 1.